The highest BCUT2D eigenvalue weighted by atomic mass is 79.9. The highest BCUT2D eigenvalue weighted by Gasteiger charge is 2.36. The van der Waals surface area contributed by atoms with E-state index in [0.717, 1.165) is 27.8 Å². The van der Waals surface area contributed by atoms with E-state index in [-0.39, 0.29) is 5.57 Å². The van der Waals surface area contributed by atoms with Crippen LogP contribution in [0.15, 0.2) is 95.0 Å². The highest BCUT2D eigenvalue weighted by molar-refractivity contribution is 9.10. The monoisotopic (exact) mass is 554 g/mol. The molecule has 0 aliphatic carbocycles. The van der Waals surface area contributed by atoms with E-state index in [1.807, 2.05) is 37.3 Å². The standard InChI is InChI=1S/C30H23BrN2O4/c1-2-19-8-12-24(13-9-19)33-29(35)25(28(34)32-30(33)36)16-20-10-14-27(26(31)17-20)37-18-21-7-11-22-5-3-4-6-23(22)15-21/h3-17H,2,18H2,1H3,(H,32,34,36)/b25-16-. The lowest BCUT2D eigenvalue weighted by molar-refractivity contribution is -0.122. The Kier molecular flexibility index (Phi) is 6.88. The van der Waals surface area contributed by atoms with Crippen LogP contribution in [0.4, 0.5) is 10.5 Å². The number of amides is 4. The molecule has 0 aromatic heterocycles. The lowest BCUT2D eigenvalue weighted by atomic mass is 10.1. The summed E-state index contributed by atoms with van der Waals surface area (Å²) in [4.78, 5) is 39.1. The smallest absolute Gasteiger partial charge is 0.335 e. The molecule has 184 valence electrons. The van der Waals surface area contributed by atoms with Crippen molar-refractivity contribution in [2.45, 2.75) is 20.0 Å². The van der Waals surface area contributed by atoms with Crippen LogP contribution < -0.4 is 15.0 Å². The van der Waals surface area contributed by atoms with Gasteiger partial charge in [-0.25, -0.2) is 9.69 Å². The predicted octanol–water partition coefficient (Wildman–Crippen LogP) is 6.41. The fourth-order valence-electron chi connectivity index (χ4n) is 4.15. The molecule has 5 rings (SSSR count). The number of hydrogen-bond acceptors (Lipinski definition) is 4. The second-order valence-electron chi connectivity index (χ2n) is 8.64. The molecule has 4 aromatic rings. The fourth-order valence-corrected chi connectivity index (χ4v) is 4.66. The third kappa shape index (κ3) is 5.17. The molecule has 0 atom stereocenters. The number of urea groups is 1. The van der Waals surface area contributed by atoms with Gasteiger partial charge >= 0.3 is 6.03 Å². The quantitative estimate of drug-likeness (QED) is 0.220. The van der Waals surface area contributed by atoms with Crippen molar-refractivity contribution in [2.24, 2.45) is 0 Å². The van der Waals surface area contributed by atoms with Crippen molar-refractivity contribution < 1.29 is 19.1 Å². The van der Waals surface area contributed by atoms with E-state index in [0.29, 0.717) is 28.1 Å². The fraction of sp³-hybridized carbons (Fsp3) is 0.100. The topological polar surface area (TPSA) is 75.7 Å². The van der Waals surface area contributed by atoms with Gasteiger partial charge in [-0.05, 0) is 86.2 Å². The lowest BCUT2D eigenvalue weighted by Crippen LogP contribution is -2.54. The summed E-state index contributed by atoms with van der Waals surface area (Å²) in [5.74, 6) is -0.780. The minimum atomic E-state index is -0.769. The Balaban J connectivity index is 1.34. The summed E-state index contributed by atoms with van der Waals surface area (Å²) in [7, 11) is 0. The number of aryl methyl sites for hydroxylation is 1. The molecule has 0 bridgehead atoms. The number of nitrogens with zero attached hydrogens (tertiary/aromatic N) is 1. The number of imide groups is 2. The van der Waals surface area contributed by atoms with Gasteiger partial charge in [-0.1, -0.05) is 61.5 Å². The summed E-state index contributed by atoms with van der Waals surface area (Å²) in [6.45, 7) is 2.41. The van der Waals surface area contributed by atoms with E-state index in [4.69, 9.17) is 4.74 Å². The number of barbiturate groups is 1. The first-order chi connectivity index (χ1) is 17.9. The average molecular weight is 555 g/mol. The molecular formula is C30H23BrN2O4. The first-order valence-corrected chi connectivity index (χ1v) is 12.6. The number of ether oxygens (including phenoxy) is 1. The van der Waals surface area contributed by atoms with Crippen LogP contribution in [-0.2, 0) is 22.6 Å². The van der Waals surface area contributed by atoms with Crippen molar-refractivity contribution in [3.63, 3.8) is 0 Å². The van der Waals surface area contributed by atoms with Crippen molar-refractivity contribution in [3.8, 4) is 5.75 Å². The summed E-state index contributed by atoms with van der Waals surface area (Å²) in [6.07, 6.45) is 2.30. The van der Waals surface area contributed by atoms with Crippen molar-refractivity contribution >= 4 is 56.3 Å². The molecule has 1 heterocycles. The largest absolute Gasteiger partial charge is 0.488 e. The molecule has 0 unspecified atom stereocenters. The zero-order valence-corrected chi connectivity index (χ0v) is 21.6. The number of fused-ring (bicyclic) bond motifs is 1. The second-order valence-corrected chi connectivity index (χ2v) is 9.49. The van der Waals surface area contributed by atoms with Crippen LogP contribution in [0.25, 0.3) is 16.8 Å². The average Bonchev–Trinajstić information content (AvgIpc) is 2.90. The SMILES string of the molecule is CCc1ccc(N2C(=O)NC(=O)/C(=C/c3ccc(OCc4ccc5ccccc5c4)c(Br)c3)C2=O)cc1. The third-order valence-electron chi connectivity index (χ3n) is 6.18. The minimum absolute atomic E-state index is 0.129. The summed E-state index contributed by atoms with van der Waals surface area (Å²) >= 11 is 3.52. The normalized spacial score (nSPS) is 14.8. The van der Waals surface area contributed by atoms with Gasteiger partial charge in [0.05, 0.1) is 10.2 Å². The summed E-state index contributed by atoms with van der Waals surface area (Å²) in [5, 5.41) is 4.57. The van der Waals surface area contributed by atoms with Crippen LogP contribution in [0.2, 0.25) is 0 Å². The molecule has 0 spiro atoms. The van der Waals surface area contributed by atoms with Gasteiger partial charge in [0, 0.05) is 0 Å². The van der Waals surface area contributed by atoms with Crippen molar-refractivity contribution in [3.05, 3.63) is 112 Å². The maximum absolute atomic E-state index is 13.1. The van der Waals surface area contributed by atoms with Crippen molar-refractivity contribution in [1.82, 2.24) is 5.32 Å². The number of carbonyl (C=O) groups excluding carboxylic acids is 3. The van der Waals surface area contributed by atoms with Gasteiger partial charge in [0.1, 0.15) is 17.9 Å². The number of benzene rings is 4. The van der Waals surface area contributed by atoms with Crippen LogP contribution in [0.1, 0.15) is 23.6 Å². The number of rotatable bonds is 6. The molecule has 0 radical (unpaired) electrons. The van der Waals surface area contributed by atoms with Crippen LogP contribution in [-0.4, -0.2) is 17.8 Å². The van der Waals surface area contributed by atoms with Crippen LogP contribution in [0, 0.1) is 0 Å². The second kappa shape index (κ2) is 10.4. The Morgan fingerprint density at radius 1 is 0.865 bits per heavy atom. The van der Waals surface area contributed by atoms with Crippen LogP contribution in [0.3, 0.4) is 0 Å². The van der Waals surface area contributed by atoms with E-state index < -0.39 is 17.8 Å². The molecule has 4 amide bonds. The maximum atomic E-state index is 13.1. The van der Waals surface area contributed by atoms with Crippen molar-refractivity contribution in [1.29, 1.82) is 0 Å². The summed E-state index contributed by atoms with van der Waals surface area (Å²) in [6, 6.07) is 26.0. The van der Waals surface area contributed by atoms with Crippen LogP contribution in [0.5, 0.6) is 5.75 Å². The molecule has 0 saturated carbocycles. The van der Waals surface area contributed by atoms with Gasteiger partial charge in [-0.2, -0.15) is 0 Å². The highest BCUT2D eigenvalue weighted by Crippen LogP contribution is 2.29. The number of hydrogen-bond donors (Lipinski definition) is 1. The van der Waals surface area contributed by atoms with Gasteiger partial charge in [-0.15, -0.1) is 0 Å². The minimum Gasteiger partial charge on any atom is -0.488 e. The van der Waals surface area contributed by atoms with E-state index in [1.165, 1.54) is 11.5 Å². The zero-order valence-electron chi connectivity index (χ0n) is 20.0. The molecule has 1 aliphatic heterocycles. The van der Waals surface area contributed by atoms with E-state index in [1.54, 1.807) is 30.3 Å². The molecular weight excluding hydrogens is 532 g/mol. The molecule has 1 N–H and O–H groups in total. The predicted molar refractivity (Wildman–Crippen MR) is 147 cm³/mol. The molecule has 1 fully saturated rings. The summed E-state index contributed by atoms with van der Waals surface area (Å²) in [5.41, 5.74) is 3.00. The van der Waals surface area contributed by atoms with E-state index in [2.05, 4.69) is 45.5 Å². The van der Waals surface area contributed by atoms with Gasteiger partial charge in [-0.3, -0.25) is 14.9 Å². The van der Waals surface area contributed by atoms with E-state index >= 15 is 0 Å². The molecule has 1 saturated heterocycles. The summed E-state index contributed by atoms with van der Waals surface area (Å²) < 4.78 is 6.68. The van der Waals surface area contributed by atoms with Crippen molar-refractivity contribution in [2.75, 3.05) is 4.90 Å². The Morgan fingerprint density at radius 2 is 1.59 bits per heavy atom. The lowest BCUT2D eigenvalue weighted by Gasteiger charge is -2.26. The number of halogens is 1. The Labute approximate surface area is 222 Å². The van der Waals surface area contributed by atoms with Gasteiger partial charge in [0.15, 0.2) is 0 Å². The molecule has 7 heteroatoms. The Bertz CT molecular complexity index is 1560. The molecule has 4 aromatic carbocycles. The first-order valence-electron chi connectivity index (χ1n) is 11.8. The Morgan fingerprint density at radius 3 is 2.32 bits per heavy atom. The maximum Gasteiger partial charge on any atom is 0.335 e. The third-order valence-corrected chi connectivity index (χ3v) is 6.80. The Hall–Kier alpha value is -4.23. The van der Waals surface area contributed by atoms with Gasteiger partial charge in [0.2, 0.25) is 0 Å². The van der Waals surface area contributed by atoms with Crippen LogP contribution >= 0.6 is 15.9 Å². The van der Waals surface area contributed by atoms with Gasteiger partial charge < -0.3 is 4.74 Å². The number of anilines is 1. The number of nitrogens with one attached hydrogen (secondary N) is 1. The van der Waals surface area contributed by atoms with Gasteiger partial charge in [0.25, 0.3) is 11.8 Å². The molecule has 6 nitrogen and oxygen atoms in total. The molecule has 1 aliphatic rings. The molecule has 37 heavy (non-hydrogen) atoms. The number of carbonyl (C=O) groups is 3. The van der Waals surface area contributed by atoms with E-state index in [9.17, 15) is 14.4 Å². The first kappa shape index (κ1) is 24.5. The zero-order chi connectivity index (χ0) is 25.9.